The molecule has 3 rings (SSSR count). The molecule has 0 bridgehead atoms. The van der Waals surface area contributed by atoms with E-state index in [0.29, 0.717) is 12.2 Å². The number of nitrogens with zero attached hydrogens (tertiary/aromatic N) is 3. The maximum Gasteiger partial charge on any atom is 0.274 e. The van der Waals surface area contributed by atoms with Crippen LogP contribution >= 0.6 is 0 Å². The van der Waals surface area contributed by atoms with Gasteiger partial charge in [0, 0.05) is 31.4 Å². The highest BCUT2D eigenvalue weighted by Gasteiger charge is 2.25. The third-order valence-corrected chi connectivity index (χ3v) is 5.64. The zero-order valence-electron chi connectivity index (χ0n) is 18.9. The van der Waals surface area contributed by atoms with Gasteiger partial charge in [0.2, 0.25) is 0 Å². The van der Waals surface area contributed by atoms with E-state index in [4.69, 9.17) is 0 Å². The lowest BCUT2D eigenvalue weighted by Crippen LogP contribution is -2.31. The Labute approximate surface area is 184 Å². The Hall–Kier alpha value is -2.80. The van der Waals surface area contributed by atoms with Crippen molar-refractivity contribution in [3.05, 3.63) is 47.4 Å². The van der Waals surface area contributed by atoms with Crippen molar-refractivity contribution < 1.29 is 9.59 Å². The van der Waals surface area contributed by atoms with Gasteiger partial charge in [-0.1, -0.05) is 19.1 Å². The van der Waals surface area contributed by atoms with Crippen molar-refractivity contribution in [2.75, 3.05) is 23.3 Å². The molecule has 0 saturated heterocycles. The summed E-state index contributed by atoms with van der Waals surface area (Å²) in [5, 5.41) is 6.16. The molecule has 1 aromatic carbocycles. The van der Waals surface area contributed by atoms with Gasteiger partial charge >= 0.3 is 0 Å². The Morgan fingerprint density at radius 3 is 2.65 bits per heavy atom. The van der Waals surface area contributed by atoms with Gasteiger partial charge in [0.1, 0.15) is 23.6 Å². The fourth-order valence-corrected chi connectivity index (χ4v) is 3.40. The number of amides is 1. The normalized spacial score (nSPS) is 14.2. The first-order valence-electron chi connectivity index (χ1n) is 11.1. The number of carbonyl (C=O) groups is 2. The van der Waals surface area contributed by atoms with Gasteiger partial charge in [0.25, 0.3) is 5.91 Å². The number of aromatic nitrogens is 2. The lowest BCUT2D eigenvalue weighted by atomic mass is 10.1. The van der Waals surface area contributed by atoms with E-state index in [1.165, 1.54) is 19.2 Å². The number of hydrogen-bond acceptors (Lipinski definition) is 6. The minimum absolute atomic E-state index is 0.111. The van der Waals surface area contributed by atoms with Crippen molar-refractivity contribution in [3.8, 4) is 0 Å². The predicted molar refractivity (Wildman–Crippen MR) is 123 cm³/mol. The van der Waals surface area contributed by atoms with Gasteiger partial charge < -0.3 is 15.5 Å². The first kappa shape index (κ1) is 22.9. The van der Waals surface area contributed by atoms with Gasteiger partial charge in [0.15, 0.2) is 0 Å². The fourth-order valence-electron chi connectivity index (χ4n) is 3.40. The van der Waals surface area contributed by atoms with E-state index in [9.17, 15) is 9.59 Å². The van der Waals surface area contributed by atoms with Crippen LogP contribution in [0.15, 0.2) is 30.6 Å². The van der Waals surface area contributed by atoms with Gasteiger partial charge in [-0.2, -0.15) is 0 Å². The Morgan fingerprint density at radius 1 is 1.23 bits per heavy atom. The molecule has 0 spiro atoms. The van der Waals surface area contributed by atoms with E-state index >= 15 is 0 Å². The maximum absolute atomic E-state index is 12.8. The molecule has 1 aliphatic rings. The summed E-state index contributed by atoms with van der Waals surface area (Å²) >= 11 is 0. The first-order chi connectivity index (χ1) is 14.9. The SMILES string of the molecule is CCCN(CC1CC1)c1cc(C(=O)Nc2ccc(CNC(C)C(C)=O)cc2C)ncn1. The van der Waals surface area contributed by atoms with Gasteiger partial charge in [0.05, 0.1) is 6.04 Å². The Bertz CT molecular complexity index is 926. The first-order valence-corrected chi connectivity index (χ1v) is 11.1. The molecule has 1 heterocycles. The van der Waals surface area contributed by atoms with Crippen LogP contribution in [0.5, 0.6) is 0 Å². The molecule has 166 valence electrons. The lowest BCUT2D eigenvalue weighted by Gasteiger charge is -2.23. The molecule has 1 unspecified atom stereocenters. The second-order valence-electron chi connectivity index (χ2n) is 8.47. The van der Waals surface area contributed by atoms with E-state index < -0.39 is 0 Å². The lowest BCUT2D eigenvalue weighted by molar-refractivity contribution is -0.118. The summed E-state index contributed by atoms with van der Waals surface area (Å²) < 4.78 is 0. The van der Waals surface area contributed by atoms with Crippen LogP contribution in [-0.4, -0.2) is 40.8 Å². The standard InChI is InChI=1S/C24H33N5O2/c1-5-10-29(14-19-6-7-19)23-12-22(26-15-27-23)24(31)28-21-9-8-20(11-16(21)2)13-25-17(3)18(4)30/h8-9,11-12,15,17,19,25H,5-7,10,13-14H2,1-4H3,(H,28,31). The van der Waals surface area contributed by atoms with E-state index in [2.05, 4.69) is 32.4 Å². The zero-order chi connectivity index (χ0) is 22.4. The van der Waals surface area contributed by atoms with Crippen LogP contribution in [0, 0.1) is 12.8 Å². The highest BCUT2D eigenvalue weighted by Crippen LogP contribution is 2.31. The van der Waals surface area contributed by atoms with E-state index in [1.807, 2.05) is 32.0 Å². The molecular formula is C24H33N5O2. The van der Waals surface area contributed by atoms with Crippen LogP contribution in [0.2, 0.25) is 0 Å². The number of carbonyl (C=O) groups excluding carboxylic acids is 2. The summed E-state index contributed by atoms with van der Waals surface area (Å²) in [5.74, 6) is 1.42. The average Bonchev–Trinajstić information content (AvgIpc) is 3.57. The van der Waals surface area contributed by atoms with Gasteiger partial charge in [-0.05, 0) is 63.1 Å². The van der Waals surface area contributed by atoms with Gasteiger partial charge in [-0.25, -0.2) is 9.97 Å². The Balaban J connectivity index is 1.66. The molecule has 1 fully saturated rings. The predicted octanol–water partition coefficient (Wildman–Crippen LogP) is 3.73. The van der Waals surface area contributed by atoms with Crippen molar-refractivity contribution in [2.45, 2.75) is 59.5 Å². The second kappa shape index (κ2) is 10.5. The smallest absolute Gasteiger partial charge is 0.274 e. The van der Waals surface area contributed by atoms with E-state index in [1.54, 1.807) is 13.0 Å². The molecular weight excluding hydrogens is 390 g/mol. The fraction of sp³-hybridized carbons (Fsp3) is 0.500. The third kappa shape index (κ3) is 6.59. The molecule has 2 aromatic rings. The minimum Gasteiger partial charge on any atom is -0.356 e. The molecule has 1 aromatic heterocycles. The maximum atomic E-state index is 12.8. The van der Waals surface area contributed by atoms with Crippen LogP contribution in [0.1, 0.15) is 61.6 Å². The molecule has 7 heteroatoms. The molecule has 1 amide bonds. The van der Waals surface area contributed by atoms with E-state index in [0.717, 1.165) is 48.1 Å². The van der Waals surface area contributed by atoms with Crippen molar-refractivity contribution in [1.82, 2.24) is 15.3 Å². The molecule has 1 atom stereocenters. The third-order valence-electron chi connectivity index (χ3n) is 5.64. The Kier molecular flexibility index (Phi) is 7.74. The molecule has 0 aliphatic heterocycles. The largest absolute Gasteiger partial charge is 0.356 e. The highest BCUT2D eigenvalue weighted by atomic mass is 16.2. The number of ketones is 1. The van der Waals surface area contributed by atoms with E-state index in [-0.39, 0.29) is 17.7 Å². The molecule has 31 heavy (non-hydrogen) atoms. The molecule has 2 N–H and O–H groups in total. The zero-order valence-corrected chi connectivity index (χ0v) is 18.9. The summed E-state index contributed by atoms with van der Waals surface area (Å²) in [6, 6.07) is 7.45. The number of Topliss-reactive ketones (excluding diaryl/α,β-unsaturated/α-hetero) is 1. The molecule has 0 radical (unpaired) electrons. The van der Waals surface area contributed by atoms with Gasteiger partial charge in [-0.3, -0.25) is 9.59 Å². The summed E-state index contributed by atoms with van der Waals surface area (Å²) in [4.78, 5) is 35.1. The van der Waals surface area contributed by atoms with Crippen LogP contribution in [-0.2, 0) is 11.3 Å². The van der Waals surface area contributed by atoms with Crippen LogP contribution < -0.4 is 15.5 Å². The summed E-state index contributed by atoms with van der Waals surface area (Å²) in [5.41, 5.74) is 3.13. The number of aryl methyl sites for hydroxylation is 1. The molecule has 1 saturated carbocycles. The quantitative estimate of drug-likeness (QED) is 0.573. The topological polar surface area (TPSA) is 87.2 Å². The number of nitrogens with one attached hydrogen (secondary N) is 2. The number of benzene rings is 1. The van der Waals surface area contributed by atoms with Crippen molar-refractivity contribution in [1.29, 1.82) is 0 Å². The summed E-state index contributed by atoms with van der Waals surface area (Å²) in [7, 11) is 0. The average molecular weight is 424 g/mol. The number of rotatable bonds is 11. The summed E-state index contributed by atoms with van der Waals surface area (Å²) in [6.45, 7) is 10.0. The minimum atomic E-state index is -0.245. The van der Waals surface area contributed by atoms with Crippen molar-refractivity contribution >= 4 is 23.2 Å². The van der Waals surface area contributed by atoms with Crippen LogP contribution in [0.3, 0.4) is 0 Å². The number of hydrogen-bond donors (Lipinski definition) is 2. The van der Waals surface area contributed by atoms with Gasteiger partial charge in [-0.15, -0.1) is 0 Å². The number of anilines is 2. The monoisotopic (exact) mass is 423 g/mol. The van der Waals surface area contributed by atoms with Crippen LogP contribution in [0.25, 0.3) is 0 Å². The second-order valence-corrected chi connectivity index (χ2v) is 8.47. The van der Waals surface area contributed by atoms with Crippen LogP contribution in [0.4, 0.5) is 11.5 Å². The Morgan fingerprint density at radius 2 is 2.00 bits per heavy atom. The highest BCUT2D eigenvalue weighted by molar-refractivity contribution is 6.03. The summed E-state index contributed by atoms with van der Waals surface area (Å²) in [6.07, 6.45) is 5.05. The van der Waals surface area contributed by atoms with Crippen molar-refractivity contribution in [2.24, 2.45) is 5.92 Å². The molecule has 1 aliphatic carbocycles. The van der Waals surface area contributed by atoms with Crippen molar-refractivity contribution in [3.63, 3.8) is 0 Å². The molecule has 7 nitrogen and oxygen atoms in total.